The Balaban J connectivity index is 2.40. The topological polar surface area (TPSA) is 89.7 Å². The average molecular weight is 250 g/mol. The Morgan fingerprint density at radius 3 is 2.69 bits per heavy atom. The van der Waals surface area contributed by atoms with Crippen LogP contribution in [-0.4, -0.2) is 50.6 Å². The van der Waals surface area contributed by atoms with Gasteiger partial charge in [-0.2, -0.15) is 0 Å². The summed E-state index contributed by atoms with van der Waals surface area (Å²) in [5, 5.41) is 1.25. The largest absolute Gasteiger partial charge is 0.320 e. The maximum atomic E-state index is 11.7. The Labute approximate surface area is 95.6 Å². The third kappa shape index (κ3) is 4.46. The zero-order valence-corrected chi connectivity index (χ0v) is 10.2. The van der Waals surface area contributed by atoms with Crippen LogP contribution >= 0.6 is 0 Å². The molecule has 1 unspecified atom stereocenters. The zero-order chi connectivity index (χ0) is 12.2. The Morgan fingerprint density at radius 1 is 1.50 bits per heavy atom. The fraction of sp³-hybridized carbons (Fsp3) is 0.889. The van der Waals surface area contributed by atoms with E-state index in [1.54, 1.807) is 0 Å². The number of hydrogen-bond acceptors (Lipinski definition) is 5. The fourth-order valence-electron chi connectivity index (χ4n) is 1.42. The molecule has 94 valence electrons. The molecule has 0 aromatic heterocycles. The third-order valence-corrected chi connectivity index (χ3v) is 3.34. The highest BCUT2D eigenvalue weighted by molar-refractivity contribution is 7.90. The van der Waals surface area contributed by atoms with E-state index >= 15 is 0 Å². The second-order valence-electron chi connectivity index (χ2n) is 4.01. The number of nitrogens with two attached hydrogens (primary N) is 1. The summed E-state index contributed by atoms with van der Waals surface area (Å²) in [4.78, 5) is 16.8. The highest BCUT2D eigenvalue weighted by Crippen LogP contribution is 2.08. The molecule has 1 amide bonds. The van der Waals surface area contributed by atoms with Crippen molar-refractivity contribution in [3.05, 3.63) is 0 Å². The van der Waals surface area contributed by atoms with Crippen molar-refractivity contribution in [2.24, 2.45) is 5.73 Å². The van der Waals surface area contributed by atoms with Crippen LogP contribution < -0.4 is 5.73 Å². The first kappa shape index (κ1) is 13.4. The van der Waals surface area contributed by atoms with E-state index in [2.05, 4.69) is 0 Å². The van der Waals surface area contributed by atoms with Crippen molar-refractivity contribution in [2.45, 2.75) is 25.3 Å². The first-order valence-corrected chi connectivity index (χ1v) is 7.34. The molecule has 0 aliphatic carbocycles. The second-order valence-corrected chi connectivity index (χ2v) is 6.27. The van der Waals surface area contributed by atoms with E-state index in [9.17, 15) is 13.2 Å². The summed E-state index contributed by atoms with van der Waals surface area (Å²) < 4.78 is 21.8. The van der Waals surface area contributed by atoms with E-state index in [-0.39, 0.29) is 18.1 Å². The first-order valence-electron chi connectivity index (χ1n) is 5.28. The van der Waals surface area contributed by atoms with E-state index < -0.39 is 15.9 Å². The van der Waals surface area contributed by atoms with Gasteiger partial charge in [-0.05, 0) is 19.3 Å². The van der Waals surface area contributed by atoms with Crippen LogP contribution in [0.3, 0.4) is 0 Å². The normalized spacial score (nSPS) is 19.5. The van der Waals surface area contributed by atoms with Crippen LogP contribution in [0, 0.1) is 0 Å². The SMILES string of the molecule is CS(=O)(=O)CCC(N)C(=O)N1CCCCO1. The molecule has 1 rings (SSSR count). The summed E-state index contributed by atoms with van der Waals surface area (Å²) in [5.74, 6) is -0.406. The number of carbonyl (C=O) groups excluding carboxylic acids is 1. The summed E-state index contributed by atoms with van der Waals surface area (Å²) in [7, 11) is -3.07. The average Bonchev–Trinajstić information content (AvgIpc) is 2.25. The van der Waals surface area contributed by atoms with Crippen molar-refractivity contribution >= 4 is 15.7 Å². The van der Waals surface area contributed by atoms with Crippen molar-refractivity contribution < 1.29 is 18.0 Å². The number of sulfone groups is 1. The molecule has 1 aliphatic rings. The van der Waals surface area contributed by atoms with E-state index in [1.807, 2.05) is 0 Å². The van der Waals surface area contributed by atoms with Crippen molar-refractivity contribution in [1.82, 2.24) is 5.06 Å². The molecule has 0 bridgehead atoms. The van der Waals surface area contributed by atoms with Gasteiger partial charge in [-0.3, -0.25) is 9.63 Å². The van der Waals surface area contributed by atoms with Gasteiger partial charge in [-0.15, -0.1) is 0 Å². The molecule has 2 N–H and O–H groups in total. The Morgan fingerprint density at radius 2 is 2.19 bits per heavy atom. The molecule has 0 saturated carbocycles. The number of hydroxylamine groups is 2. The van der Waals surface area contributed by atoms with Gasteiger partial charge in [-0.25, -0.2) is 13.5 Å². The van der Waals surface area contributed by atoms with Crippen LogP contribution in [0.2, 0.25) is 0 Å². The van der Waals surface area contributed by atoms with Crippen LogP contribution in [0.4, 0.5) is 0 Å². The number of rotatable bonds is 4. The molecule has 1 heterocycles. The zero-order valence-electron chi connectivity index (χ0n) is 9.39. The highest BCUT2D eigenvalue weighted by Gasteiger charge is 2.24. The maximum Gasteiger partial charge on any atom is 0.263 e. The van der Waals surface area contributed by atoms with Gasteiger partial charge >= 0.3 is 0 Å². The summed E-state index contributed by atoms with van der Waals surface area (Å²) in [6.45, 7) is 1.05. The Hall–Kier alpha value is -0.660. The van der Waals surface area contributed by atoms with Gasteiger partial charge in [0.25, 0.3) is 5.91 Å². The molecule has 1 aliphatic heterocycles. The molecular formula is C9H18N2O4S. The van der Waals surface area contributed by atoms with E-state index in [1.165, 1.54) is 5.06 Å². The van der Waals surface area contributed by atoms with Gasteiger partial charge < -0.3 is 5.73 Å². The molecule has 0 spiro atoms. The number of nitrogens with zero attached hydrogens (tertiary/aromatic N) is 1. The predicted octanol–water partition coefficient (Wildman–Crippen LogP) is -0.698. The molecule has 0 aromatic carbocycles. The smallest absolute Gasteiger partial charge is 0.263 e. The maximum absolute atomic E-state index is 11.7. The van der Waals surface area contributed by atoms with Gasteiger partial charge in [0.2, 0.25) is 0 Å². The van der Waals surface area contributed by atoms with Crippen LogP contribution in [0.5, 0.6) is 0 Å². The van der Waals surface area contributed by atoms with Crippen molar-refractivity contribution in [3.63, 3.8) is 0 Å². The van der Waals surface area contributed by atoms with Crippen LogP contribution in [0.1, 0.15) is 19.3 Å². The van der Waals surface area contributed by atoms with Crippen molar-refractivity contribution in [3.8, 4) is 0 Å². The van der Waals surface area contributed by atoms with Gasteiger partial charge in [0, 0.05) is 12.8 Å². The summed E-state index contributed by atoms with van der Waals surface area (Å²) in [6, 6.07) is -0.798. The molecule has 7 heteroatoms. The lowest BCUT2D eigenvalue weighted by Gasteiger charge is -2.28. The molecule has 0 radical (unpaired) electrons. The highest BCUT2D eigenvalue weighted by atomic mass is 32.2. The van der Waals surface area contributed by atoms with E-state index in [0.717, 1.165) is 19.1 Å². The lowest BCUT2D eigenvalue weighted by Crippen LogP contribution is -2.46. The lowest BCUT2D eigenvalue weighted by atomic mass is 10.2. The van der Waals surface area contributed by atoms with Gasteiger partial charge in [0.15, 0.2) is 0 Å². The van der Waals surface area contributed by atoms with Crippen LogP contribution in [0.25, 0.3) is 0 Å². The Bertz CT molecular complexity index is 335. The minimum atomic E-state index is -3.07. The molecule has 1 fully saturated rings. The first-order chi connectivity index (χ1) is 7.40. The van der Waals surface area contributed by atoms with E-state index in [0.29, 0.717) is 13.2 Å². The van der Waals surface area contributed by atoms with Crippen LogP contribution in [0.15, 0.2) is 0 Å². The third-order valence-electron chi connectivity index (χ3n) is 2.37. The summed E-state index contributed by atoms with van der Waals surface area (Å²) in [6.07, 6.45) is 3.09. The minimum absolute atomic E-state index is 0.0756. The fourth-order valence-corrected chi connectivity index (χ4v) is 2.10. The quantitative estimate of drug-likeness (QED) is 0.712. The monoisotopic (exact) mass is 250 g/mol. The number of carbonyl (C=O) groups is 1. The Kier molecular flexibility index (Phi) is 4.69. The molecule has 6 nitrogen and oxygen atoms in total. The van der Waals surface area contributed by atoms with Gasteiger partial charge in [0.05, 0.1) is 18.4 Å². The van der Waals surface area contributed by atoms with Gasteiger partial charge in [0.1, 0.15) is 9.84 Å². The van der Waals surface area contributed by atoms with E-state index in [4.69, 9.17) is 10.6 Å². The molecule has 0 aromatic rings. The van der Waals surface area contributed by atoms with Crippen molar-refractivity contribution in [1.29, 1.82) is 0 Å². The lowest BCUT2D eigenvalue weighted by molar-refractivity contribution is -0.198. The molecule has 1 saturated heterocycles. The molecule has 16 heavy (non-hydrogen) atoms. The van der Waals surface area contributed by atoms with Crippen LogP contribution in [-0.2, 0) is 19.5 Å². The molecular weight excluding hydrogens is 232 g/mol. The predicted molar refractivity (Wildman–Crippen MR) is 59.2 cm³/mol. The standard InChI is InChI=1S/C9H18N2O4S/c1-16(13,14)7-4-8(10)9(12)11-5-2-3-6-15-11/h8H,2-7,10H2,1H3. The minimum Gasteiger partial charge on any atom is -0.320 e. The summed E-state index contributed by atoms with van der Waals surface area (Å²) >= 11 is 0. The second kappa shape index (κ2) is 5.60. The van der Waals surface area contributed by atoms with Crippen molar-refractivity contribution in [2.75, 3.05) is 25.2 Å². The number of amides is 1. The molecule has 1 atom stereocenters. The summed E-state index contributed by atoms with van der Waals surface area (Å²) in [5.41, 5.74) is 5.62. The number of hydrogen-bond donors (Lipinski definition) is 1. The van der Waals surface area contributed by atoms with Gasteiger partial charge in [-0.1, -0.05) is 0 Å².